The number of nitrogens with zero attached hydrogens (tertiary/aromatic N) is 5. The molecule has 3 aromatic heterocycles. The fourth-order valence-electron chi connectivity index (χ4n) is 2.03. The number of hydrogen-bond donors (Lipinski definition) is 0. The third kappa shape index (κ3) is 4.22. The van der Waals surface area contributed by atoms with Crippen molar-refractivity contribution in [2.45, 2.75) is 11.7 Å². The molecule has 3 aromatic rings. The van der Waals surface area contributed by atoms with Gasteiger partial charge in [-0.2, -0.15) is 4.98 Å². The molecule has 0 aliphatic carbocycles. The molecule has 0 radical (unpaired) electrons. The van der Waals surface area contributed by atoms with Gasteiger partial charge in [-0.3, -0.25) is 4.79 Å². The van der Waals surface area contributed by atoms with E-state index in [-0.39, 0.29) is 11.7 Å². The predicted molar refractivity (Wildman–Crippen MR) is 99.1 cm³/mol. The number of amides is 1. The van der Waals surface area contributed by atoms with E-state index >= 15 is 0 Å². The first-order chi connectivity index (χ1) is 11.7. The van der Waals surface area contributed by atoms with Crippen molar-refractivity contribution in [2.24, 2.45) is 0 Å². The van der Waals surface area contributed by atoms with Crippen LogP contribution in [0.15, 0.2) is 52.2 Å². The van der Waals surface area contributed by atoms with E-state index in [0.717, 1.165) is 8.66 Å². The smallest absolute Gasteiger partial charge is 0.253 e. The molecule has 0 unspecified atom stereocenters. The van der Waals surface area contributed by atoms with Gasteiger partial charge in [-0.1, -0.05) is 17.8 Å². The highest BCUT2D eigenvalue weighted by Gasteiger charge is 2.15. The van der Waals surface area contributed by atoms with Crippen LogP contribution >= 0.6 is 39.0 Å². The van der Waals surface area contributed by atoms with Gasteiger partial charge in [0, 0.05) is 23.8 Å². The minimum Gasteiger partial charge on any atom is -0.333 e. The van der Waals surface area contributed by atoms with Gasteiger partial charge in [0.25, 0.3) is 5.78 Å². The number of fused-ring (bicyclic) bond motifs is 1. The summed E-state index contributed by atoms with van der Waals surface area (Å²) in [6, 6.07) is 5.78. The van der Waals surface area contributed by atoms with E-state index in [1.807, 2.05) is 12.1 Å². The minimum absolute atomic E-state index is 0.0243. The zero-order chi connectivity index (χ0) is 16.9. The molecule has 0 aliphatic rings. The summed E-state index contributed by atoms with van der Waals surface area (Å²) < 4.78 is 2.65. The number of thiophene rings is 1. The van der Waals surface area contributed by atoms with E-state index in [2.05, 4.69) is 37.6 Å². The molecule has 3 rings (SSSR count). The van der Waals surface area contributed by atoms with Crippen molar-refractivity contribution in [1.29, 1.82) is 0 Å². The van der Waals surface area contributed by atoms with E-state index in [1.165, 1.54) is 11.8 Å². The van der Waals surface area contributed by atoms with E-state index in [4.69, 9.17) is 0 Å². The Hall–Kier alpha value is -1.71. The molecule has 0 aromatic carbocycles. The van der Waals surface area contributed by atoms with Gasteiger partial charge in [0.15, 0.2) is 0 Å². The molecule has 124 valence electrons. The second kappa shape index (κ2) is 7.91. The number of carbonyl (C=O) groups excluding carboxylic acids is 1. The number of hydrogen-bond acceptors (Lipinski definition) is 6. The molecule has 0 bridgehead atoms. The summed E-state index contributed by atoms with van der Waals surface area (Å²) in [6.45, 7) is 4.81. The van der Waals surface area contributed by atoms with Gasteiger partial charge in [-0.05, 0) is 34.1 Å². The Morgan fingerprint density at radius 3 is 3.08 bits per heavy atom. The third-order valence-corrected chi connectivity index (χ3v) is 5.53. The first kappa shape index (κ1) is 17.1. The average molecular weight is 424 g/mol. The molecular formula is C15H14BrN5OS2. The minimum atomic E-state index is 0.0243. The van der Waals surface area contributed by atoms with Crippen LogP contribution in [-0.2, 0) is 11.3 Å². The molecular weight excluding hydrogens is 410 g/mol. The molecule has 0 atom stereocenters. The SMILES string of the molecule is C=CCN(Cc1ccc(Br)s1)C(=O)CSc1nc2ncccn2n1. The lowest BCUT2D eigenvalue weighted by Crippen LogP contribution is -2.31. The maximum absolute atomic E-state index is 12.5. The highest BCUT2D eigenvalue weighted by Crippen LogP contribution is 2.24. The van der Waals surface area contributed by atoms with Crippen molar-refractivity contribution in [3.05, 3.63) is 51.9 Å². The van der Waals surface area contributed by atoms with E-state index in [1.54, 1.807) is 45.3 Å². The maximum atomic E-state index is 12.5. The van der Waals surface area contributed by atoms with Crippen LogP contribution in [0, 0.1) is 0 Å². The van der Waals surface area contributed by atoms with Gasteiger partial charge in [0.05, 0.1) is 16.1 Å². The molecule has 3 heterocycles. The van der Waals surface area contributed by atoms with Crippen LogP contribution in [0.5, 0.6) is 0 Å². The van der Waals surface area contributed by atoms with Crippen LogP contribution in [0.2, 0.25) is 0 Å². The Bertz CT molecular complexity index is 829. The predicted octanol–water partition coefficient (Wildman–Crippen LogP) is 3.26. The van der Waals surface area contributed by atoms with Gasteiger partial charge in [0.2, 0.25) is 11.1 Å². The number of carbonyl (C=O) groups is 1. The number of aromatic nitrogens is 4. The number of halogens is 1. The molecule has 0 aliphatic heterocycles. The van der Waals surface area contributed by atoms with Crippen LogP contribution < -0.4 is 0 Å². The van der Waals surface area contributed by atoms with Crippen molar-refractivity contribution in [1.82, 2.24) is 24.5 Å². The normalized spacial score (nSPS) is 10.9. The molecule has 0 spiro atoms. The highest BCUT2D eigenvalue weighted by atomic mass is 79.9. The van der Waals surface area contributed by atoms with Crippen LogP contribution in [0.3, 0.4) is 0 Å². The standard InChI is InChI=1S/C15H14BrN5OS2/c1-2-7-20(9-11-4-5-12(16)24-11)13(22)10-23-15-18-14-17-6-3-8-21(14)19-15/h2-6,8H,1,7,9-10H2. The van der Waals surface area contributed by atoms with E-state index in [9.17, 15) is 4.79 Å². The van der Waals surface area contributed by atoms with Crippen LogP contribution in [-0.4, -0.2) is 42.7 Å². The second-order valence-corrected chi connectivity index (χ2v) is 8.31. The zero-order valence-corrected chi connectivity index (χ0v) is 15.9. The van der Waals surface area contributed by atoms with Crippen LogP contribution in [0.4, 0.5) is 0 Å². The van der Waals surface area contributed by atoms with Crippen molar-refractivity contribution >= 4 is 50.7 Å². The third-order valence-electron chi connectivity index (χ3n) is 3.10. The molecule has 0 saturated heterocycles. The molecule has 1 amide bonds. The number of rotatable bonds is 7. The quantitative estimate of drug-likeness (QED) is 0.431. The van der Waals surface area contributed by atoms with Gasteiger partial charge in [-0.25, -0.2) is 9.50 Å². The fourth-order valence-corrected chi connectivity index (χ4v) is 4.25. The van der Waals surface area contributed by atoms with Gasteiger partial charge < -0.3 is 4.90 Å². The highest BCUT2D eigenvalue weighted by molar-refractivity contribution is 9.11. The van der Waals surface area contributed by atoms with Gasteiger partial charge in [0.1, 0.15) is 0 Å². The van der Waals surface area contributed by atoms with Crippen molar-refractivity contribution in [3.8, 4) is 0 Å². The summed E-state index contributed by atoms with van der Waals surface area (Å²) in [5.41, 5.74) is 0. The van der Waals surface area contributed by atoms with Crippen molar-refractivity contribution in [2.75, 3.05) is 12.3 Å². The van der Waals surface area contributed by atoms with E-state index < -0.39 is 0 Å². The fraction of sp³-hybridized carbons (Fsp3) is 0.200. The van der Waals surface area contributed by atoms with Crippen LogP contribution in [0.1, 0.15) is 4.88 Å². The van der Waals surface area contributed by atoms with Crippen molar-refractivity contribution in [3.63, 3.8) is 0 Å². The largest absolute Gasteiger partial charge is 0.333 e. The average Bonchev–Trinajstić information content (AvgIpc) is 3.17. The lowest BCUT2D eigenvalue weighted by molar-refractivity contribution is -0.128. The molecule has 0 saturated carbocycles. The summed E-state index contributed by atoms with van der Waals surface area (Å²) in [4.78, 5) is 23.8. The summed E-state index contributed by atoms with van der Waals surface area (Å²) in [5, 5.41) is 4.83. The Balaban J connectivity index is 1.63. The summed E-state index contributed by atoms with van der Waals surface area (Å²) >= 11 is 6.37. The molecule has 0 N–H and O–H groups in total. The molecule has 6 nitrogen and oxygen atoms in total. The topological polar surface area (TPSA) is 63.4 Å². The summed E-state index contributed by atoms with van der Waals surface area (Å²) in [7, 11) is 0. The monoisotopic (exact) mass is 423 g/mol. The molecule has 9 heteroatoms. The van der Waals surface area contributed by atoms with E-state index in [0.29, 0.717) is 24.0 Å². The Morgan fingerprint density at radius 1 is 1.50 bits per heavy atom. The first-order valence-electron chi connectivity index (χ1n) is 7.09. The lowest BCUT2D eigenvalue weighted by atomic mass is 10.4. The van der Waals surface area contributed by atoms with Gasteiger partial charge in [-0.15, -0.1) is 23.0 Å². The lowest BCUT2D eigenvalue weighted by Gasteiger charge is -2.19. The van der Waals surface area contributed by atoms with Gasteiger partial charge >= 0.3 is 0 Å². The van der Waals surface area contributed by atoms with Crippen LogP contribution in [0.25, 0.3) is 5.78 Å². The number of thioether (sulfide) groups is 1. The Morgan fingerprint density at radius 2 is 2.38 bits per heavy atom. The summed E-state index contributed by atoms with van der Waals surface area (Å²) in [5.74, 6) is 0.826. The Kier molecular flexibility index (Phi) is 5.64. The molecule has 0 fully saturated rings. The first-order valence-corrected chi connectivity index (χ1v) is 9.68. The maximum Gasteiger partial charge on any atom is 0.253 e. The Labute approximate surface area is 155 Å². The zero-order valence-electron chi connectivity index (χ0n) is 12.6. The second-order valence-electron chi connectivity index (χ2n) is 4.82. The van der Waals surface area contributed by atoms with Crippen molar-refractivity contribution < 1.29 is 4.79 Å². The summed E-state index contributed by atoms with van der Waals surface area (Å²) in [6.07, 6.45) is 5.17. The molecule has 24 heavy (non-hydrogen) atoms.